The zero-order valence-electron chi connectivity index (χ0n) is 21.8. The third-order valence-electron chi connectivity index (χ3n) is 10.8. The molecule has 2 aromatic carbocycles. The summed E-state index contributed by atoms with van der Waals surface area (Å²) in [6, 6.07) is 2.13. The van der Waals surface area contributed by atoms with Crippen LogP contribution in [0.5, 0.6) is 23.0 Å². The molecule has 0 radical (unpaired) electrons. The Morgan fingerprint density at radius 1 is 0.571 bits per heavy atom. The molecule has 0 aliphatic heterocycles. The van der Waals surface area contributed by atoms with Crippen LogP contribution in [0.15, 0.2) is 23.3 Å². The number of benzene rings is 2. The number of hydrogen-bond donors (Lipinski definition) is 8. The number of phenolic OH excluding ortho intramolecular Hbond substituents is 4. The largest absolute Gasteiger partial charge is 0.507 e. The Bertz CT molecular complexity index is 1780. The molecule has 1 unspecified atom stereocenters. The van der Waals surface area contributed by atoms with Gasteiger partial charge in [-0.05, 0) is 37.1 Å². The summed E-state index contributed by atoms with van der Waals surface area (Å²) >= 11 is 0. The Hall–Kier alpha value is -4.68. The van der Waals surface area contributed by atoms with E-state index in [-0.39, 0.29) is 11.1 Å². The van der Waals surface area contributed by atoms with Crippen molar-refractivity contribution in [1.82, 2.24) is 0 Å². The van der Waals surface area contributed by atoms with E-state index >= 15 is 0 Å². The van der Waals surface area contributed by atoms with Gasteiger partial charge in [-0.1, -0.05) is 0 Å². The van der Waals surface area contributed by atoms with Crippen LogP contribution >= 0.6 is 0 Å². The number of aryl methyl sites for hydroxylation is 2. The van der Waals surface area contributed by atoms with Gasteiger partial charge in [-0.15, -0.1) is 0 Å². The molecular weight excluding hydrogens is 552 g/mol. The van der Waals surface area contributed by atoms with Crippen LogP contribution < -0.4 is 0 Å². The Labute approximate surface area is 235 Å². The van der Waals surface area contributed by atoms with Gasteiger partial charge in [-0.3, -0.25) is 19.2 Å². The summed E-state index contributed by atoms with van der Waals surface area (Å²) in [6.07, 6.45) is -3.71. The molecule has 0 heterocycles. The molecule has 6 aliphatic carbocycles. The predicted molar refractivity (Wildman–Crippen MR) is 138 cm³/mol. The van der Waals surface area contributed by atoms with E-state index < -0.39 is 138 Å². The van der Waals surface area contributed by atoms with Crippen LogP contribution in [0.3, 0.4) is 0 Å². The van der Waals surface area contributed by atoms with E-state index in [9.17, 15) is 60.0 Å². The van der Waals surface area contributed by atoms with Crippen molar-refractivity contribution >= 4 is 34.7 Å². The number of phenols is 4. The summed E-state index contributed by atoms with van der Waals surface area (Å²) in [5.41, 5.74) is -8.66. The smallest absolute Gasteiger partial charge is 0.179 e. The molecule has 4 fully saturated rings. The van der Waals surface area contributed by atoms with Crippen molar-refractivity contribution in [3.8, 4) is 23.0 Å². The zero-order chi connectivity index (χ0) is 30.3. The molecule has 42 heavy (non-hydrogen) atoms. The molecule has 8 N–H and O–H groups in total. The van der Waals surface area contributed by atoms with Crippen LogP contribution in [-0.4, -0.2) is 76.2 Å². The van der Waals surface area contributed by atoms with Gasteiger partial charge in [0, 0.05) is 11.8 Å². The molecule has 0 saturated heterocycles. The van der Waals surface area contributed by atoms with Crippen LogP contribution in [0.2, 0.25) is 0 Å². The van der Waals surface area contributed by atoms with E-state index in [1.807, 2.05) is 0 Å². The summed E-state index contributed by atoms with van der Waals surface area (Å²) in [5, 5.41) is 89.8. The van der Waals surface area contributed by atoms with Gasteiger partial charge in [-0.25, -0.2) is 0 Å². The molecule has 4 bridgehead atoms. The summed E-state index contributed by atoms with van der Waals surface area (Å²) < 4.78 is 0. The second kappa shape index (κ2) is 6.85. The number of rotatable bonds is 0. The Morgan fingerprint density at radius 2 is 0.905 bits per heavy atom. The quantitative estimate of drug-likeness (QED) is 0.207. The average Bonchev–Trinajstić information content (AvgIpc) is 3.27. The molecule has 214 valence electrons. The van der Waals surface area contributed by atoms with Gasteiger partial charge in [0.1, 0.15) is 34.5 Å². The summed E-state index contributed by atoms with van der Waals surface area (Å²) in [5.74, 6) is -15.9. The summed E-state index contributed by atoms with van der Waals surface area (Å²) in [6.45, 7) is 2.72. The van der Waals surface area contributed by atoms with Crippen molar-refractivity contribution in [2.45, 2.75) is 26.1 Å². The second-order valence-electron chi connectivity index (χ2n) is 12.2. The first-order valence-electron chi connectivity index (χ1n) is 13.2. The van der Waals surface area contributed by atoms with E-state index in [1.165, 1.54) is 13.8 Å². The van der Waals surface area contributed by atoms with Crippen LogP contribution in [0, 0.1) is 48.3 Å². The number of carbonyl (C=O) groups is 4. The molecule has 12 nitrogen and oxygen atoms in total. The Kier molecular flexibility index (Phi) is 4.09. The molecule has 2 spiro atoms. The van der Waals surface area contributed by atoms with Crippen molar-refractivity contribution in [3.63, 3.8) is 0 Å². The first kappa shape index (κ1) is 25.1. The molecule has 2 aromatic rings. The summed E-state index contributed by atoms with van der Waals surface area (Å²) in [7, 11) is 0. The lowest BCUT2D eigenvalue weighted by Gasteiger charge is -2.53. The molecule has 4 saturated carbocycles. The number of ketones is 4. The fourth-order valence-electron chi connectivity index (χ4n) is 9.59. The number of aliphatic hydroxyl groups is 4. The van der Waals surface area contributed by atoms with Crippen LogP contribution in [0.1, 0.15) is 43.0 Å². The van der Waals surface area contributed by atoms with Crippen molar-refractivity contribution in [2.75, 3.05) is 0 Å². The number of aliphatic hydroxyl groups excluding tert-OH is 4. The third kappa shape index (κ3) is 2.03. The van der Waals surface area contributed by atoms with E-state index in [4.69, 9.17) is 0 Å². The van der Waals surface area contributed by atoms with Gasteiger partial charge in [0.25, 0.3) is 0 Å². The lowest BCUT2D eigenvalue weighted by Crippen LogP contribution is -2.65. The van der Waals surface area contributed by atoms with Crippen molar-refractivity contribution in [3.05, 3.63) is 56.7 Å². The molecule has 8 rings (SSSR count). The standard InChI is InChI=1S/C30H22O12/c1-5-3-7(31)9-11(19(5)33)27(41)29-13-14-24(38)17(29)26(40)16-22(36)10-8(32)4-6(2)20(34)12(10)28(42)30(14,16)18(23(13)37)25(39)15(29)21(9)35/h3-4,13-14,17-18,23-24,31-38H,1-2H3/t13-,14?,17+,18+,23+,24+,29+,30+/m1/s1. The first-order valence-corrected chi connectivity index (χ1v) is 13.2. The van der Waals surface area contributed by atoms with Crippen molar-refractivity contribution in [1.29, 1.82) is 0 Å². The summed E-state index contributed by atoms with van der Waals surface area (Å²) in [4.78, 5) is 58.1. The number of hydrogen-bond acceptors (Lipinski definition) is 12. The Balaban J connectivity index is 1.56. The monoisotopic (exact) mass is 574 g/mol. The Morgan fingerprint density at radius 3 is 1.24 bits per heavy atom. The molecule has 12 heteroatoms. The number of carbonyl (C=O) groups excluding carboxylic acids is 4. The van der Waals surface area contributed by atoms with E-state index in [1.54, 1.807) is 0 Å². The maximum Gasteiger partial charge on any atom is 0.179 e. The van der Waals surface area contributed by atoms with Crippen LogP contribution in [-0.2, 0) is 9.59 Å². The minimum Gasteiger partial charge on any atom is -0.507 e. The lowest BCUT2D eigenvalue weighted by atomic mass is 9.46. The van der Waals surface area contributed by atoms with E-state index in [0.29, 0.717) is 0 Å². The number of fused-ring (bicyclic) bond motifs is 4. The normalized spacial score (nSPS) is 36.9. The average molecular weight is 574 g/mol. The highest BCUT2D eigenvalue weighted by Gasteiger charge is 2.90. The van der Waals surface area contributed by atoms with Gasteiger partial charge < -0.3 is 40.9 Å². The van der Waals surface area contributed by atoms with Crippen LogP contribution in [0.25, 0.3) is 11.5 Å². The van der Waals surface area contributed by atoms with Crippen LogP contribution in [0.4, 0.5) is 0 Å². The molecule has 6 aliphatic rings. The highest BCUT2D eigenvalue weighted by atomic mass is 16.3. The van der Waals surface area contributed by atoms with Gasteiger partial charge in [0.2, 0.25) is 0 Å². The fourth-order valence-corrected chi connectivity index (χ4v) is 9.59. The zero-order valence-corrected chi connectivity index (χ0v) is 21.8. The van der Waals surface area contributed by atoms with Gasteiger partial charge in [0.05, 0.1) is 68.3 Å². The molecular formula is C30H22O12. The van der Waals surface area contributed by atoms with Crippen molar-refractivity contribution < 1.29 is 60.0 Å². The maximum atomic E-state index is 14.6. The fraction of sp³-hybridized carbons (Fsp3) is 0.333. The first-order chi connectivity index (χ1) is 19.7. The SMILES string of the molecule is Cc1cc(O)c2c(c1O)C(=O)[C@]13C(=C2O)C(=O)[C@@H]2[C@@H](O)C1[C@@H]1[C@H](O)[C@H]3C(=O)C3=C(O)c4c(O)cc(C)c(O)c4C(=O)[C@@]321. The molecule has 0 amide bonds. The van der Waals surface area contributed by atoms with Crippen molar-refractivity contribution in [2.24, 2.45) is 34.5 Å². The maximum absolute atomic E-state index is 14.6. The lowest BCUT2D eigenvalue weighted by molar-refractivity contribution is -0.142. The highest BCUT2D eigenvalue weighted by molar-refractivity contribution is 6.31. The minimum absolute atomic E-state index is 0.0181. The van der Waals surface area contributed by atoms with Gasteiger partial charge in [0.15, 0.2) is 23.1 Å². The predicted octanol–water partition coefficient (Wildman–Crippen LogP) is 1.11. The van der Waals surface area contributed by atoms with Gasteiger partial charge in [-0.2, -0.15) is 0 Å². The number of Topliss-reactive ketones (excluding diaryl/α,β-unsaturated/α-hetero) is 4. The number of allylic oxidation sites excluding steroid dienone is 2. The van der Waals surface area contributed by atoms with E-state index in [0.717, 1.165) is 12.1 Å². The topological polar surface area (TPSA) is 230 Å². The third-order valence-corrected chi connectivity index (χ3v) is 10.8. The minimum atomic E-state index is -2.48. The molecule has 0 aromatic heterocycles. The number of aromatic hydroxyl groups is 4. The molecule has 8 atom stereocenters. The second-order valence-corrected chi connectivity index (χ2v) is 12.2. The highest BCUT2D eigenvalue weighted by Crippen LogP contribution is 2.80. The van der Waals surface area contributed by atoms with Gasteiger partial charge >= 0.3 is 0 Å². The van der Waals surface area contributed by atoms with E-state index in [2.05, 4.69) is 0 Å².